The Labute approximate surface area is 167 Å². The molecule has 3 heterocycles. The molecule has 5 rings (SSSR count). The van der Waals surface area contributed by atoms with Crippen LogP contribution in [0.2, 0.25) is 0 Å². The number of rotatable bonds is 3. The minimum atomic E-state index is 0.832. The second-order valence-electron chi connectivity index (χ2n) is 6.81. The molecule has 28 heavy (non-hydrogen) atoms. The van der Waals surface area contributed by atoms with E-state index in [9.17, 15) is 0 Å². The van der Waals surface area contributed by atoms with Crippen molar-refractivity contribution < 1.29 is 0 Å². The Morgan fingerprint density at radius 2 is 1.54 bits per heavy atom. The summed E-state index contributed by atoms with van der Waals surface area (Å²) in [7, 11) is 0. The molecule has 0 bridgehead atoms. The van der Waals surface area contributed by atoms with Crippen LogP contribution in [0.15, 0.2) is 72.4 Å². The normalized spacial score (nSPS) is 11.2. The molecule has 0 saturated heterocycles. The van der Waals surface area contributed by atoms with Gasteiger partial charge in [0.1, 0.15) is 11.2 Å². The van der Waals surface area contributed by atoms with Crippen molar-refractivity contribution in [3.8, 4) is 28.1 Å². The maximum Gasteiger partial charge on any atom is 0.166 e. The van der Waals surface area contributed by atoms with Gasteiger partial charge in [0.05, 0.1) is 11.1 Å². The molecule has 5 heteroatoms. The third-order valence-electron chi connectivity index (χ3n) is 4.86. The van der Waals surface area contributed by atoms with Crippen LogP contribution in [-0.2, 0) is 0 Å². The Morgan fingerprint density at radius 3 is 2.25 bits per heavy atom. The van der Waals surface area contributed by atoms with E-state index in [4.69, 9.17) is 0 Å². The lowest BCUT2D eigenvalue weighted by molar-refractivity contribution is 0.811. The molecule has 4 nitrogen and oxygen atoms in total. The molecular formula is C23H18N4S. The maximum atomic E-state index is 4.63. The van der Waals surface area contributed by atoms with Gasteiger partial charge in [0, 0.05) is 16.6 Å². The van der Waals surface area contributed by atoms with Crippen molar-refractivity contribution in [2.45, 2.75) is 13.8 Å². The Kier molecular flexibility index (Phi) is 4.02. The summed E-state index contributed by atoms with van der Waals surface area (Å²) >= 11 is 1.64. The van der Waals surface area contributed by atoms with Crippen molar-refractivity contribution in [2.24, 2.45) is 0 Å². The summed E-state index contributed by atoms with van der Waals surface area (Å²) in [6.07, 6.45) is 1.62. The summed E-state index contributed by atoms with van der Waals surface area (Å²) < 4.78 is 1.91. The van der Waals surface area contributed by atoms with Gasteiger partial charge in [-0.25, -0.2) is 14.6 Å². The lowest BCUT2D eigenvalue weighted by Gasteiger charge is -2.08. The van der Waals surface area contributed by atoms with Crippen LogP contribution in [0.4, 0.5) is 0 Å². The predicted molar refractivity (Wildman–Crippen MR) is 115 cm³/mol. The van der Waals surface area contributed by atoms with Gasteiger partial charge in [-0.3, -0.25) is 0 Å². The molecule has 2 aromatic carbocycles. The molecule has 0 N–H and O–H groups in total. The highest BCUT2D eigenvalue weighted by Gasteiger charge is 2.16. The highest BCUT2D eigenvalue weighted by Crippen LogP contribution is 2.36. The fourth-order valence-corrected chi connectivity index (χ4v) is 4.46. The summed E-state index contributed by atoms with van der Waals surface area (Å²) in [6.45, 7) is 4.05. The highest BCUT2D eigenvalue weighted by atomic mass is 32.1. The summed E-state index contributed by atoms with van der Waals surface area (Å²) in [5.41, 5.74) is 6.77. The Balaban J connectivity index is 1.65. The van der Waals surface area contributed by atoms with E-state index in [0.717, 1.165) is 38.5 Å². The van der Waals surface area contributed by atoms with Crippen LogP contribution in [0, 0.1) is 13.8 Å². The molecule has 3 aromatic heterocycles. The molecule has 0 aliphatic rings. The third-order valence-corrected chi connectivity index (χ3v) is 5.75. The van der Waals surface area contributed by atoms with E-state index in [1.54, 1.807) is 17.7 Å². The van der Waals surface area contributed by atoms with Gasteiger partial charge < -0.3 is 0 Å². The topological polar surface area (TPSA) is 43.6 Å². The first-order valence-electron chi connectivity index (χ1n) is 9.12. The molecule has 0 unspecified atom stereocenters. The minimum Gasteiger partial charge on any atom is -0.225 e. The first kappa shape index (κ1) is 16.8. The zero-order valence-corrected chi connectivity index (χ0v) is 16.4. The lowest BCUT2D eigenvalue weighted by Crippen LogP contribution is -2.03. The number of hydrogen-bond acceptors (Lipinski definition) is 4. The van der Waals surface area contributed by atoms with E-state index in [0.29, 0.717) is 0 Å². The van der Waals surface area contributed by atoms with Gasteiger partial charge in [0.15, 0.2) is 5.82 Å². The lowest BCUT2D eigenvalue weighted by atomic mass is 10.0. The van der Waals surface area contributed by atoms with Gasteiger partial charge in [-0.2, -0.15) is 5.10 Å². The van der Waals surface area contributed by atoms with Gasteiger partial charge in [-0.15, -0.1) is 11.3 Å². The standard InChI is InChI=1S/C23H18N4S/c1-15-12-16(2)27(26-15)22-21-20(13-28-23(21)25-14-24-22)19-10-8-18(9-11-19)17-6-4-3-5-7-17/h3-14H,1-2H3. The number of benzene rings is 2. The zero-order chi connectivity index (χ0) is 19.1. The van der Waals surface area contributed by atoms with Gasteiger partial charge >= 0.3 is 0 Å². The first-order valence-corrected chi connectivity index (χ1v) is 10.0. The van der Waals surface area contributed by atoms with Crippen LogP contribution in [0.25, 0.3) is 38.3 Å². The average Bonchev–Trinajstić information content (AvgIpc) is 3.31. The molecule has 136 valence electrons. The summed E-state index contributed by atoms with van der Waals surface area (Å²) in [6, 6.07) is 21.2. The fourth-order valence-electron chi connectivity index (χ4n) is 3.55. The first-order chi connectivity index (χ1) is 13.7. The van der Waals surface area contributed by atoms with E-state index >= 15 is 0 Å². The van der Waals surface area contributed by atoms with Gasteiger partial charge in [0.25, 0.3) is 0 Å². The minimum absolute atomic E-state index is 0.832. The number of fused-ring (bicyclic) bond motifs is 1. The number of aryl methyl sites for hydroxylation is 2. The monoisotopic (exact) mass is 382 g/mol. The van der Waals surface area contributed by atoms with Gasteiger partial charge in [0.2, 0.25) is 0 Å². The van der Waals surface area contributed by atoms with E-state index in [-0.39, 0.29) is 0 Å². The maximum absolute atomic E-state index is 4.63. The number of aromatic nitrogens is 4. The predicted octanol–water partition coefficient (Wildman–Crippen LogP) is 5.83. The molecule has 0 saturated carbocycles. The van der Waals surface area contributed by atoms with Crippen molar-refractivity contribution in [2.75, 3.05) is 0 Å². The van der Waals surface area contributed by atoms with Crippen molar-refractivity contribution in [3.05, 3.63) is 83.8 Å². The van der Waals surface area contributed by atoms with Crippen molar-refractivity contribution >= 4 is 21.6 Å². The second kappa shape index (κ2) is 6.69. The SMILES string of the molecule is Cc1cc(C)n(-c2ncnc3scc(-c4ccc(-c5ccccc5)cc4)c23)n1. The molecule has 0 aliphatic carbocycles. The highest BCUT2D eigenvalue weighted by molar-refractivity contribution is 7.17. The van der Waals surface area contributed by atoms with Crippen LogP contribution in [-0.4, -0.2) is 19.7 Å². The smallest absolute Gasteiger partial charge is 0.166 e. The van der Waals surface area contributed by atoms with E-state index < -0.39 is 0 Å². The van der Waals surface area contributed by atoms with Gasteiger partial charge in [-0.05, 0) is 36.6 Å². The van der Waals surface area contributed by atoms with Gasteiger partial charge in [-0.1, -0.05) is 54.6 Å². The molecule has 0 radical (unpaired) electrons. The molecule has 5 aromatic rings. The summed E-state index contributed by atoms with van der Waals surface area (Å²) in [4.78, 5) is 10.0. The molecular weight excluding hydrogens is 364 g/mol. The Hall–Kier alpha value is -3.31. The van der Waals surface area contributed by atoms with Crippen molar-refractivity contribution in [1.82, 2.24) is 19.7 Å². The molecule has 0 amide bonds. The molecule has 0 aliphatic heterocycles. The molecule has 0 atom stereocenters. The molecule has 0 spiro atoms. The summed E-state index contributed by atoms with van der Waals surface area (Å²) in [5.74, 6) is 0.832. The van der Waals surface area contributed by atoms with Crippen molar-refractivity contribution in [3.63, 3.8) is 0 Å². The largest absolute Gasteiger partial charge is 0.225 e. The molecule has 0 fully saturated rings. The van der Waals surface area contributed by atoms with Crippen LogP contribution in [0.1, 0.15) is 11.4 Å². The average molecular weight is 382 g/mol. The fraction of sp³-hybridized carbons (Fsp3) is 0.0870. The Morgan fingerprint density at radius 1 is 0.821 bits per heavy atom. The van der Waals surface area contributed by atoms with Crippen LogP contribution in [0.3, 0.4) is 0 Å². The zero-order valence-electron chi connectivity index (χ0n) is 15.6. The Bertz CT molecular complexity index is 1270. The second-order valence-corrected chi connectivity index (χ2v) is 7.67. The van der Waals surface area contributed by atoms with Crippen LogP contribution < -0.4 is 0 Å². The number of thiophene rings is 1. The number of hydrogen-bond donors (Lipinski definition) is 0. The van der Waals surface area contributed by atoms with Crippen LogP contribution in [0.5, 0.6) is 0 Å². The summed E-state index contributed by atoms with van der Waals surface area (Å²) in [5, 5.41) is 7.84. The van der Waals surface area contributed by atoms with Crippen molar-refractivity contribution in [1.29, 1.82) is 0 Å². The van der Waals surface area contributed by atoms with Crippen LogP contribution >= 0.6 is 11.3 Å². The van der Waals surface area contributed by atoms with E-state index in [1.807, 2.05) is 17.7 Å². The third kappa shape index (κ3) is 2.80. The number of nitrogens with zero attached hydrogens (tertiary/aromatic N) is 4. The van der Waals surface area contributed by atoms with E-state index in [2.05, 4.69) is 82.0 Å². The van der Waals surface area contributed by atoms with E-state index in [1.165, 1.54) is 11.1 Å². The quantitative estimate of drug-likeness (QED) is 0.394.